The van der Waals surface area contributed by atoms with Gasteiger partial charge in [0.1, 0.15) is 0 Å². The standard InChI is InChI=1S/C19H23BrN2O3/c1-12-5-2-3-6-16(12)21-17(23)7-4-10-22-18(24)14-9-8-13(20)11-15(14)19(22)25/h8-9,11-12,16H,2-7,10H2,1H3,(H,21,23). The number of nitrogens with one attached hydrogen (secondary N) is 1. The lowest BCUT2D eigenvalue weighted by Gasteiger charge is -2.29. The number of carbonyl (C=O) groups excluding carboxylic acids is 3. The predicted molar refractivity (Wildman–Crippen MR) is 98.3 cm³/mol. The molecule has 1 fully saturated rings. The summed E-state index contributed by atoms with van der Waals surface area (Å²) in [4.78, 5) is 38.1. The van der Waals surface area contributed by atoms with Crippen molar-refractivity contribution in [3.8, 4) is 0 Å². The van der Waals surface area contributed by atoms with Crippen LogP contribution in [0.2, 0.25) is 0 Å². The Labute approximate surface area is 156 Å². The molecule has 3 amide bonds. The van der Waals surface area contributed by atoms with E-state index >= 15 is 0 Å². The van der Waals surface area contributed by atoms with E-state index < -0.39 is 0 Å². The number of fused-ring (bicyclic) bond motifs is 1. The first-order valence-electron chi connectivity index (χ1n) is 8.92. The molecule has 0 radical (unpaired) electrons. The molecule has 25 heavy (non-hydrogen) atoms. The van der Waals surface area contributed by atoms with Gasteiger partial charge in [-0.1, -0.05) is 35.7 Å². The van der Waals surface area contributed by atoms with Crippen molar-refractivity contribution < 1.29 is 14.4 Å². The van der Waals surface area contributed by atoms with E-state index in [9.17, 15) is 14.4 Å². The molecule has 0 bridgehead atoms. The zero-order valence-corrected chi connectivity index (χ0v) is 16.0. The highest BCUT2D eigenvalue weighted by Gasteiger charge is 2.35. The second kappa shape index (κ2) is 7.68. The fraction of sp³-hybridized carbons (Fsp3) is 0.526. The summed E-state index contributed by atoms with van der Waals surface area (Å²) in [7, 11) is 0. The minimum atomic E-state index is -0.275. The number of carbonyl (C=O) groups is 3. The average molecular weight is 407 g/mol. The summed E-state index contributed by atoms with van der Waals surface area (Å²) in [6.45, 7) is 2.46. The van der Waals surface area contributed by atoms with Crippen LogP contribution in [-0.2, 0) is 4.79 Å². The molecule has 0 saturated heterocycles. The summed E-state index contributed by atoms with van der Waals surface area (Å²) < 4.78 is 0.773. The highest BCUT2D eigenvalue weighted by Crippen LogP contribution is 2.26. The summed E-state index contributed by atoms with van der Waals surface area (Å²) in [6, 6.07) is 5.36. The molecular formula is C19H23BrN2O3. The summed E-state index contributed by atoms with van der Waals surface area (Å²) in [6.07, 6.45) is 5.43. The first-order chi connectivity index (χ1) is 12.0. The van der Waals surface area contributed by atoms with Crippen LogP contribution in [0.15, 0.2) is 22.7 Å². The molecule has 1 saturated carbocycles. The van der Waals surface area contributed by atoms with Crippen molar-refractivity contribution >= 4 is 33.7 Å². The van der Waals surface area contributed by atoms with Gasteiger partial charge in [-0.25, -0.2) is 0 Å². The Morgan fingerprint density at radius 2 is 1.92 bits per heavy atom. The predicted octanol–water partition coefficient (Wildman–Crippen LogP) is 3.52. The van der Waals surface area contributed by atoms with Gasteiger partial charge in [-0.15, -0.1) is 0 Å². The summed E-state index contributed by atoms with van der Waals surface area (Å²) in [5.41, 5.74) is 0.869. The normalized spacial score (nSPS) is 22.9. The van der Waals surface area contributed by atoms with Gasteiger partial charge in [0, 0.05) is 23.5 Å². The van der Waals surface area contributed by atoms with Crippen molar-refractivity contribution in [2.45, 2.75) is 51.5 Å². The van der Waals surface area contributed by atoms with Crippen LogP contribution in [0.4, 0.5) is 0 Å². The number of amides is 3. The summed E-state index contributed by atoms with van der Waals surface area (Å²) >= 11 is 3.32. The van der Waals surface area contributed by atoms with Crippen LogP contribution >= 0.6 is 15.9 Å². The Morgan fingerprint density at radius 3 is 2.68 bits per heavy atom. The molecule has 2 unspecified atom stereocenters. The van der Waals surface area contributed by atoms with Gasteiger partial charge in [0.2, 0.25) is 5.91 Å². The van der Waals surface area contributed by atoms with Gasteiger partial charge in [-0.2, -0.15) is 0 Å². The van der Waals surface area contributed by atoms with Crippen molar-refractivity contribution in [1.29, 1.82) is 0 Å². The molecule has 1 aliphatic heterocycles. The van der Waals surface area contributed by atoms with Gasteiger partial charge >= 0.3 is 0 Å². The smallest absolute Gasteiger partial charge is 0.261 e. The van der Waals surface area contributed by atoms with Crippen LogP contribution in [0.3, 0.4) is 0 Å². The molecule has 1 aliphatic carbocycles. The van der Waals surface area contributed by atoms with Crippen molar-refractivity contribution in [2.75, 3.05) is 6.54 Å². The van der Waals surface area contributed by atoms with Crippen LogP contribution in [0.25, 0.3) is 0 Å². The number of hydrogen-bond acceptors (Lipinski definition) is 3. The zero-order valence-electron chi connectivity index (χ0n) is 14.4. The Kier molecular flexibility index (Phi) is 5.57. The molecule has 1 aromatic carbocycles. The van der Waals surface area contributed by atoms with E-state index in [0.29, 0.717) is 29.9 Å². The molecule has 1 aromatic rings. The molecular weight excluding hydrogens is 384 g/mol. The molecule has 134 valence electrons. The van der Waals surface area contributed by atoms with Crippen LogP contribution in [0, 0.1) is 5.92 Å². The number of rotatable bonds is 5. The van der Waals surface area contributed by atoms with Crippen molar-refractivity contribution in [2.24, 2.45) is 5.92 Å². The van der Waals surface area contributed by atoms with Crippen molar-refractivity contribution in [3.05, 3.63) is 33.8 Å². The maximum absolute atomic E-state index is 12.4. The molecule has 1 N–H and O–H groups in total. The number of halogens is 1. The average Bonchev–Trinajstić information content (AvgIpc) is 2.81. The highest BCUT2D eigenvalue weighted by molar-refractivity contribution is 9.10. The molecule has 3 rings (SSSR count). The molecule has 0 aromatic heterocycles. The molecule has 0 spiro atoms. The Balaban J connectivity index is 1.50. The quantitative estimate of drug-likeness (QED) is 0.760. The number of hydrogen-bond donors (Lipinski definition) is 1. The number of nitrogens with zero attached hydrogens (tertiary/aromatic N) is 1. The lowest BCUT2D eigenvalue weighted by Crippen LogP contribution is -2.41. The zero-order chi connectivity index (χ0) is 18.0. The number of imide groups is 1. The monoisotopic (exact) mass is 406 g/mol. The lowest BCUT2D eigenvalue weighted by molar-refractivity contribution is -0.122. The van der Waals surface area contributed by atoms with Crippen molar-refractivity contribution in [1.82, 2.24) is 10.2 Å². The Morgan fingerprint density at radius 1 is 1.20 bits per heavy atom. The van der Waals surface area contributed by atoms with Gasteiger partial charge in [0.15, 0.2) is 0 Å². The van der Waals surface area contributed by atoms with Gasteiger partial charge in [0.25, 0.3) is 11.8 Å². The van der Waals surface area contributed by atoms with E-state index in [1.807, 2.05) is 0 Å². The highest BCUT2D eigenvalue weighted by atomic mass is 79.9. The minimum Gasteiger partial charge on any atom is -0.353 e. The molecule has 2 atom stereocenters. The van der Waals surface area contributed by atoms with Crippen LogP contribution in [-0.4, -0.2) is 35.2 Å². The molecule has 6 heteroatoms. The maximum Gasteiger partial charge on any atom is 0.261 e. The Hall–Kier alpha value is -1.69. The largest absolute Gasteiger partial charge is 0.353 e. The topological polar surface area (TPSA) is 66.5 Å². The first kappa shape index (κ1) is 18.1. The molecule has 1 heterocycles. The van der Waals surface area contributed by atoms with Crippen LogP contribution < -0.4 is 5.32 Å². The fourth-order valence-electron chi connectivity index (χ4n) is 3.67. The lowest BCUT2D eigenvalue weighted by atomic mass is 9.86. The second-order valence-corrected chi connectivity index (χ2v) is 7.91. The van der Waals surface area contributed by atoms with Crippen LogP contribution in [0.1, 0.15) is 66.2 Å². The van der Waals surface area contributed by atoms with E-state index in [2.05, 4.69) is 28.2 Å². The van der Waals surface area contributed by atoms with Gasteiger partial charge in [-0.05, 0) is 43.4 Å². The fourth-order valence-corrected chi connectivity index (χ4v) is 4.03. The number of benzene rings is 1. The van der Waals surface area contributed by atoms with E-state index in [0.717, 1.165) is 17.3 Å². The van der Waals surface area contributed by atoms with Gasteiger partial charge in [-0.3, -0.25) is 19.3 Å². The van der Waals surface area contributed by atoms with E-state index in [-0.39, 0.29) is 30.3 Å². The molecule has 5 nitrogen and oxygen atoms in total. The van der Waals surface area contributed by atoms with Crippen LogP contribution in [0.5, 0.6) is 0 Å². The van der Waals surface area contributed by atoms with Crippen molar-refractivity contribution in [3.63, 3.8) is 0 Å². The van der Waals surface area contributed by atoms with Gasteiger partial charge < -0.3 is 5.32 Å². The third-order valence-corrected chi connectivity index (χ3v) is 5.67. The van der Waals surface area contributed by atoms with E-state index in [1.165, 1.54) is 17.7 Å². The first-order valence-corrected chi connectivity index (χ1v) is 9.72. The third-order valence-electron chi connectivity index (χ3n) is 5.18. The summed E-state index contributed by atoms with van der Waals surface area (Å²) in [5, 5.41) is 3.11. The van der Waals surface area contributed by atoms with E-state index in [4.69, 9.17) is 0 Å². The van der Waals surface area contributed by atoms with E-state index in [1.54, 1.807) is 18.2 Å². The summed E-state index contributed by atoms with van der Waals surface area (Å²) in [5.74, 6) is -0.0121. The minimum absolute atomic E-state index is 0.0121. The SMILES string of the molecule is CC1CCCCC1NC(=O)CCCN1C(=O)c2ccc(Br)cc2C1=O. The maximum atomic E-state index is 12.4. The third kappa shape index (κ3) is 3.94. The molecule has 2 aliphatic rings. The second-order valence-electron chi connectivity index (χ2n) is 6.99. The van der Waals surface area contributed by atoms with Gasteiger partial charge in [0.05, 0.1) is 11.1 Å². The Bertz CT molecular complexity index is 704.